The quantitative estimate of drug-likeness (QED) is 0.106. The van der Waals surface area contributed by atoms with E-state index in [4.69, 9.17) is 14.2 Å². The van der Waals surface area contributed by atoms with Gasteiger partial charge in [0, 0.05) is 4.47 Å². The van der Waals surface area contributed by atoms with E-state index < -0.39 is 18.0 Å². The van der Waals surface area contributed by atoms with E-state index in [2.05, 4.69) is 26.5 Å². The number of ether oxygens (including phenoxy) is 3. The molecule has 0 spiro atoms. The van der Waals surface area contributed by atoms with Crippen molar-refractivity contribution in [1.82, 2.24) is 5.43 Å². The second-order valence-electron chi connectivity index (χ2n) is 8.21. The van der Waals surface area contributed by atoms with Crippen LogP contribution in [0.15, 0.2) is 113 Å². The Bertz CT molecular complexity index is 1370. The molecule has 0 aliphatic carbocycles. The molecule has 0 aromatic heterocycles. The minimum atomic E-state index is -0.761. The van der Waals surface area contributed by atoms with E-state index in [9.17, 15) is 9.59 Å². The first-order chi connectivity index (χ1) is 18.5. The van der Waals surface area contributed by atoms with Gasteiger partial charge in [0.1, 0.15) is 23.9 Å². The molecule has 0 saturated carbocycles. The highest BCUT2D eigenvalue weighted by Gasteiger charge is 2.14. The zero-order valence-corrected chi connectivity index (χ0v) is 22.1. The Morgan fingerprint density at radius 2 is 1.47 bits per heavy atom. The van der Waals surface area contributed by atoms with E-state index in [1.165, 1.54) is 6.21 Å². The molecule has 1 N–H and O–H groups in total. The third-order valence-corrected chi connectivity index (χ3v) is 5.84. The summed E-state index contributed by atoms with van der Waals surface area (Å²) < 4.78 is 17.7. The summed E-state index contributed by atoms with van der Waals surface area (Å²) in [5.74, 6) is 0.798. The molecule has 0 saturated heterocycles. The highest BCUT2D eigenvalue weighted by molar-refractivity contribution is 9.10. The molecular weight excluding hydrogens is 548 g/mol. The number of amides is 1. The van der Waals surface area contributed by atoms with Crippen molar-refractivity contribution in [3.8, 4) is 17.2 Å². The Labute approximate surface area is 229 Å². The first-order valence-corrected chi connectivity index (χ1v) is 12.6. The number of esters is 1. The zero-order valence-electron chi connectivity index (χ0n) is 20.5. The number of hydrogen-bond donors (Lipinski definition) is 1. The number of carbonyl (C=O) groups excluding carboxylic acids is 2. The van der Waals surface area contributed by atoms with Crippen LogP contribution in [-0.4, -0.2) is 24.2 Å². The number of hydrazone groups is 1. The van der Waals surface area contributed by atoms with Crippen LogP contribution in [0.25, 0.3) is 0 Å². The topological polar surface area (TPSA) is 86.2 Å². The van der Waals surface area contributed by atoms with Gasteiger partial charge in [0.25, 0.3) is 5.91 Å². The maximum atomic E-state index is 12.4. The van der Waals surface area contributed by atoms with Crippen LogP contribution in [0, 0.1) is 0 Å². The number of benzene rings is 4. The molecule has 4 aromatic carbocycles. The van der Waals surface area contributed by atoms with E-state index in [0.717, 1.165) is 10.0 Å². The number of rotatable bonds is 10. The Hall–Kier alpha value is -4.43. The van der Waals surface area contributed by atoms with Gasteiger partial charge in [-0.3, -0.25) is 4.79 Å². The van der Waals surface area contributed by atoms with Crippen LogP contribution in [0.5, 0.6) is 17.2 Å². The van der Waals surface area contributed by atoms with Crippen molar-refractivity contribution in [3.63, 3.8) is 0 Å². The molecule has 0 fully saturated rings. The maximum absolute atomic E-state index is 12.4. The zero-order chi connectivity index (χ0) is 26.7. The number of nitrogens with zero attached hydrogens (tertiary/aromatic N) is 1. The molecule has 0 heterocycles. The standard InChI is InChI=1S/C30H25BrN2O5/c1-21(37-27-17-15-26(16-18-27)36-20-23-5-3-2-4-6-23)29(34)33-32-19-22-7-13-28(14-8-22)38-30(35)24-9-11-25(31)12-10-24/h2-19,21H,20H2,1H3,(H,33,34). The van der Waals surface area contributed by atoms with Crippen LogP contribution < -0.4 is 19.6 Å². The van der Waals surface area contributed by atoms with E-state index in [1.807, 2.05) is 30.3 Å². The molecule has 1 unspecified atom stereocenters. The van der Waals surface area contributed by atoms with Crippen LogP contribution in [-0.2, 0) is 11.4 Å². The maximum Gasteiger partial charge on any atom is 0.343 e. The summed E-state index contributed by atoms with van der Waals surface area (Å²) in [6.07, 6.45) is 0.729. The first-order valence-electron chi connectivity index (χ1n) is 11.8. The van der Waals surface area contributed by atoms with Crippen molar-refractivity contribution in [2.24, 2.45) is 5.10 Å². The fourth-order valence-electron chi connectivity index (χ4n) is 3.25. The minimum absolute atomic E-state index is 0.397. The van der Waals surface area contributed by atoms with Gasteiger partial charge in [0.2, 0.25) is 0 Å². The number of hydrogen-bond acceptors (Lipinski definition) is 6. The third-order valence-electron chi connectivity index (χ3n) is 5.31. The lowest BCUT2D eigenvalue weighted by molar-refractivity contribution is -0.127. The van der Waals surface area contributed by atoms with E-state index in [0.29, 0.717) is 35.0 Å². The largest absolute Gasteiger partial charge is 0.489 e. The van der Waals surface area contributed by atoms with Crippen molar-refractivity contribution in [1.29, 1.82) is 0 Å². The van der Waals surface area contributed by atoms with Crippen LogP contribution in [0.4, 0.5) is 0 Å². The van der Waals surface area contributed by atoms with Crippen LogP contribution in [0.3, 0.4) is 0 Å². The molecule has 1 amide bonds. The van der Waals surface area contributed by atoms with Crippen molar-refractivity contribution >= 4 is 34.0 Å². The van der Waals surface area contributed by atoms with E-state index in [-0.39, 0.29) is 0 Å². The van der Waals surface area contributed by atoms with Crippen LogP contribution in [0.1, 0.15) is 28.4 Å². The molecule has 0 aliphatic rings. The van der Waals surface area contributed by atoms with Crippen molar-refractivity contribution < 1.29 is 23.8 Å². The monoisotopic (exact) mass is 572 g/mol. The van der Waals surface area contributed by atoms with Crippen molar-refractivity contribution in [3.05, 3.63) is 124 Å². The second-order valence-corrected chi connectivity index (χ2v) is 9.12. The average Bonchev–Trinajstić information content (AvgIpc) is 2.94. The van der Waals surface area contributed by atoms with Gasteiger partial charge in [-0.05, 0) is 90.8 Å². The Balaban J connectivity index is 1.21. The smallest absolute Gasteiger partial charge is 0.343 e. The summed E-state index contributed by atoms with van der Waals surface area (Å²) in [6, 6.07) is 30.6. The van der Waals surface area contributed by atoms with Gasteiger partial charge < -0.3 is 14.2 Å². The summed E-state index contributed by atoms with van der Waals surface area (Å²) in [6.45, 7) is 2.11. The number of nitrogens with one attached hydrogen (secondary N) is 1. The van der Waals surface area contributed by atoms with Gasteiger partial charge in [-0.1, -0.05) is 46.3 Å². The molecule has 4 rings (SSSR count). The van der Waals surface area contributed by atoms with Crippen LogP contribution in [0.2, 0.25) is 0 Å². The molecule has 0 bridgehead atoms. The average molecular weight is 573 g/mol. The SMILES string of the molecule is CC(Oc1ccc(OCc2ccccc2)cc1)C(=O)NN=Cc1ccc(OC(=O)c2ccc(Br)cc2)cc1. The molecule has 4 aromatic rings. The summed E-state index contributed by atoms with van der Waals surface area (Å²) in [5.41, 5.74) is 4.71. The first kappa shape index (κ1) is 26.6. The van der Waals surface area contributed by atoms with Gasteiger partial charge in [-0.2, -0.15) is 5.10 Å². The van der Waals surface area contributed by atoms with E-state index in [1.54, 1.807) is 79.7 Å². The molecule has 1 atom stereocenters. The lowest BCUT2D eigenvalue weighted by Gasteiger charge is -2.13. The minimum Gasteiger partial charge on any atom is -0.489 e. The third kappa shape index (κ3) is 8.04. The van der Waals surface area contributed by atoms with Gasteiger partial charge >= 0.3 is 5.97 Å². The molecule has 38 heavy (non-hydrogen) atoms. The summed E-state index contributed by atoms with van der Waals surface area (Å²) in [7, 11) is 0. The summed E-state index contributed by atoms with van der Waals surface area (Å²) in [4.78, 5) is 24.6. The normalized spacial score (nSPS) is 11.5. The Kier molecular flexibility index (Phi) is 9.26. The summed E-state index contributed by atoms with van der Waals surface area (Å²) in [5, 5.41) is 3.98. The lowest BCUT2D eigenvalue weighted by Crippen LogP contribution is -2.33. The summed E-state index contributed by atoms with van der Waals surface area (Å²) >= 11 is 3.33. The fourth-order valence-corrected chi connectivity index (χ4v) is 3.51. The molecule has 7 nitrogen and oxygen atoms in total. The lowest BCUT2D eigenvalue weighted by atomic mass is 10.2. The predicted molar refractivity (Wildman–Crippen MR) is 149 cm³/mol. The predicted octanol–water partition coefficient (Wildman–Crippen LogP) is 6.16. The highest BCUT2D eigenvalue weighted by atomic mass is 79.9. The second kappa shape index (κ2) is 13.2. The Morgan fingerprint density at radius 3 is 2.16 bits per heavy atom. The highest BCUT2D eigenvalue weighted by Crippen LogP contribution is 2.20. The van der Waals surface area contributed by atoms with Gasteiger partial charge in [-0.15, -0.1) is 0 Å². The fraction of sp³-hybridized carbons (Fsp3) is 0.100. The van der Waals surface area contributed by atoms with Gasteiger partial charge in [0.15, 0.2) is 6.10 Å². The van der Waals surface area contributed by atoms with E-state index >= 15 is 0 Å². The molecule has 192 valence electrons. The molecular formula is C30H25BrN2O5. The van der Waals surface area contributed by atoms with Gasteiger partial charge in [-0.25, -0.2) is 10.2 Å². The van der Waals surface area contributed by atoms with Crippen LogP contribution >= 0.6 is 15.9 Å². The van der Waals surface area contributed by atoms with Gasteiger partial charge in [0.05, 0.1) is 11.8 Å². The molecule has 0 radical (unpaired) electrons. The molecule has 8 heteroatoms. The Morgan fingerprint density at radius 1 is 0.842 bits per heavy atom. The number of halogens is 1. The van der Waals surface area contributed by atoms with Crippen molar-refractivity contribution in [2.45, 2.75) is 19.6 Å². The molecule has 0 aliphatic heterocycles. The van der Waals surface area contributed by atoms with Crippen molar-refractivity contribution in [2.75, 3.05) is 0 Å². The number of carbonyl (C=O) groups is 2.